The summed E-state index contributed by atoms with van der Waals surface area (Å²) in [6.45, 7) is 6.58. The molecule has 2 heterocycles. The molecule has 1 aliphatic carbocycles. The predicted octanol–water partition coefficient (Wildman–Crippen LogP) is 2.47. The molecule has 4 rings (SSSR count). The number of nitrogens with zero attached hydrogens (tertiary/aromatic N) is 3. The molecule has 9 heteroatoms. The molecule has 1 saturated carbocycles. The third-order valence-corrected chi connectivity index (χ3v) is 7.96. The van der Waals surface area contributed by atoms with Crippen molar-refractivity contribution < 1.29 is 17.9 Å². The van der Waals surface area contributed by atoms with Crippen LogP contribution in [-0.4, -0.2) is 47.7 Å². The van der Waals surface area contributed by atoms with Gasteiger partial charge in [-0.3, -0.25) is 4.68 Å². The Labute approximate surface area is 183 Å². The van der Waals surface area contributed by atoms with Gasteiger partial charge in [0.25, 0.3) is 10.2 Å². The van der Waals surface area contributed by atoms with Crippen LogP contribution in [-0.2, 0) is 26.3 Å². The third-order valence-electron chi connectivity index (χ3n) is 6.36. The Morgan fingerprint density at radius 2 is 2.00 bits per heavy atom. The van der Waals surface area contributed by atoms with Crippen molar-refractivity contribution in [1.29, 1.82) is 0 Å². The molecular weight excluding hydrogens is 416 g/mol. The van der Waals surface area contributed by atoms with Crippen LogP contribution in [0, 0.1) is 19.8 Å². The lowest BCUT2D eigenvalue weighted by Crippen LogP contribution is -2.47. The topological polar surface area (TPSA) is 93.5 Å². The van der Waals surface area contributed by atoms with Gasteiger partial charge < -0.3 is 4.74 Å². The predicted molar refractivity (Wildman–Crippen MR) is 117 cm³/mol. The van der Waals surface area contributed by atoms with E-state index in [-0.39, 0.29) is 12.6 Å². The molecule has 2 aliphatic rings. The van der Waals surface area contributed by atoms with E-state index in [4.69, 9.17) is 4.74 Å². The number of benzene rings is 1. The Balaban J connectivity index is 1.64. The molecular formula is C22H30N4O4S. The lowest BCUT2D eigenvalue weighted by molar-refractivity contribution is -0.145. The summed E-state index contributed by atoms with van der Waals surface area (Å²) in [6, 6.07) is 8.77. The minimum atomic E-state index is -3.84. The summed E-state index contributed by atoms with van der Waals surface area (Å²) in [5, 5.41) is 4.60. The minimum Gasteiger partial charge on any atom is -0.465 e. The molecule has 1 aromatic carbocycles. The quantitative estimate of drug-likeness (QED) is 0.629. The van der Waals surface area contributed by atoms with Crippen molar-refractivity contribution >= 4 is 16.2 Å². The number of aromatic nitrogens is 2. The number of carbonyl (C=O) groups excluding carboxylic acids is 1. The maximum Gasteiger partial charge on any atom is 0.328 e. The van der Waals surface area contributed by atoms with Crippen LogP contribution in [0.3, 0.4) is 0 Å². The molecule has 1 aromatic heterocycles. The molecule has 2 aromatic rings. The van der Waals surface area contributed by atoms with E-state index in [0.717, 1.165) is 30.5 Å². The van der Waals surface area contributed by atoms with E-state index in [9.17, 15) is 13.2 Å². The SMILES string of the molecule is CCOC(=O)[C@H](NS(=O)(=O)N1C[C@H]2CC[C@H]1C2)c1c(C)nn(Cc2ccccc2)c1C. The molecule has 1 aliphatic heterocycles. The second-order valence-electron chi connectivity index (χ2n) is 8.44. The van der Waals surface area contributed by atoms with E-state index in [1.54, 1.807) is 18.5 Å². The van der Waals surface area contributed by atoms with Gasteiger partial charge in [-0.2, -0.15) is 22.5 Å². The third kappa shape index (κ3) is 4.40. The first kappa shape index (κ1) is 22.0. The summed E-state index contributed by atoms with van der Waals surface area (Å²) in [5.41, 5.74) is 2.98. The first-order chi connectivity index (χ1) is 14.8. The number of fused-ring (bicyclic) bond motifs is 2. The molecule has 1 saturated heterocycles. The number of hydrogen-bond acceptors (Lipinski definition) is 5. The summed E-state index contributed by atoms with van der Waals surface area (Å²) in [6.07, 6.45) is 2.85. The molecule has 0 radical (unpaired) electrons. The van der Waals surface area contributed by atoms with Crippen molar-refractivity contribution in [2.45, 2.75) is 58.7 Å². The van der Waals surface area contributed by atoms with Crippen molar-refractivity contribution in [2.24, 2.45) is 5.92 Å². The fourth-order valence-corrected chi connectivity index (χ4v) is 6.52. The van der Waals surface area contributed by atoms with Crippen LogP contribution >= 0.6 is 0 Å². The molecule has 0 spiro atoms. The average Bonchev–Trinajstić information content (AvgIpc) is 3.43. The molecule has 2 bridgehead atoms. The van der Waals surface area contributed by atoms with Crippen molar-refractivity contribution in [3.05, 3.63) is 52.8 Å². The van der Waals surface area contributed by atoms with Crippen LogP contribution in [0.1, 0.15) is 54.7 Å². The van der Waals surface area contributed by atoms with Crippen molar-refractivity contribution in [2.75, 3.05) is 13.2 Å². The summed E-state index contributed by atoms with van der Waals surface area (Å²) in [5.74, 6) is -0.194. The van der Waals surface area contributed by atoms with Gasteiger partial charge in [0, 0.05) is 23.8 Å². The van der Waals surface area contributed by atoms with Crippen LogP contribution in [0.2, 0.25) is 0 Å². The molecule has 31 heavy (non-hydrogen) atoms. The van der Waals surface area contributed by atoms with Gasteiger partial charge in [-0.25, -0.2) is 4.79 Å². The number of nitrogens with one attached hydrogen (secondary N) is 1. The Bertz CT molecular complexity index is 1050. The zero-order chi connectivity index (χ0) is 22.2. The summed E-state index contributed by atoms with van der Waals surface area (Å²) in [4.78, 5) is 12.9. The number of piperidine rings is 1. The Kier molecular flexibility index (Phi) is 6.18. The Morgan fingerprint density at radius 1 is 1.26 bits per heavy atom. The van der Waals surface area contributed by atoms with Gasteiger partial charge in [0.05, 0.1) is 18.8 Å². The van der Waals surface area contributed by atoms with Crippen LogP contribution in [0.5, 0.6) is 0 Å². The maximum atomic E-state index is 13.2. The smallest absolute Gasteiger partial charge is 0.328 e. The van der Waals surface area contributed by atoms with E-state index in [0.29, 0.717) is 30.3 Å². The zero-order valence-electron chi connectivity index (χ0n) is 18.2. The summed E-state index contributed by atoms with van der Waals surface area (Å²) < 4.78 is 37.7. The van der Waals surface area contributed by atoms with Gasteiger partial charge in [-0.1, -0.05) is 30.3 Å². The largest absolute Gasteiger partial charge is 0.465 e. The molecule has 3 atom stereocenters. The van der Waals surface area contributed by atoms with E-state index >= 15 is 0 Å². The lowest BCUT2D eigenvalue weighted by atomic mass is 10.1. The summed E-state index contributed by atoms with van der Waals surface area (Å²) >= 11 is 0. The second-order valence-corrected chi connectivity index (χ2v) is 10.1. The highest BCUT2D eigenvalue weighted by Crippen LogP contribution is 2.39. The van der Waals surface area contributed by atoms with Crippen LogP contribution in [0.4, 0.5) is 0 Å². The Hall–Kier alpha value is -2.23. The molecule has 1 N–H and O–H groups in total. The average molecular weight is 447 g/mol. The van der Waals surface area contributed by atoms with Crippen LogP contribution in [0.25, 0.3) is 0 Å². The number of hydrogen-bond donors (Lipinski definition) is 1. The standard InChI is InChI=1S/C22H30N4O4S/c1-4-30-22(27)21(24-31(28,29)26-14-18-10-11-19(26)12-18)20-15(2)23-25(16(20)3)13-17-8-6-5-7-9-17/h5-9,18-19,21,24H,4,10-14H2,1-3H3/t18-,19-,21+/m0/s1. The van der Waals surface area contributed by atoms with E-state index in [1.165, 1.54) is 4.31 Å². The van der Waals surface area contributed by atoms with Gasteiger partial charge in [-0.15, -0.1) is 0 Å². The highest BCUT2D eigenvalue weighted by Gasteiger charge is 2.45. The second kappa shape index (κ2) is 8.72. The lowest BCUT2D eigenvalue weighted by Gasteiger charge is -2.28. The van der Waals surface area contributed by atoms with Crippen molar-refractivity contribution in [3.63, 3.8) is 0 Å². The fourth-order valence-electron chi connectivity index (χ4n) is 4.88. The van der Waals surface area contributed by atoms with Gasteiger partial charge in [0.1, 0.15) is 6.04 Å². The zero-order valence-corrected chi connectivity index (χ0v) is 19.1. The highest BCUT2D eigenvalue weighted by molar-refractivity contribution is 7.87. The molecule has 8 nitrogen and oxygen atoms in total. The number of esters is 1. The van der Waals surface area contributed by atoms with Gasteiger partial charge >= 0.3 is 5.97 Å². The number of aryl methyl sites for hydroxylation is 1. The number of carbonyl (C=O) groups is 1. The normalized spacial score (nSPS) is 22.0. The molecule has 2 fully saturated rings. The highest BCUT2D eigenvalue weighted by atomic mass is 32.2. The number of ether oxygens (including phenoxy) is 1. The van der Waals surface area contributed by atoms with E-state index < -0.39 is 22.2 Å². The van der Waals surface area contributed by atoms with Crippen molar-refractivity contribution in [1.82, 2.24) is 18.8 Å². The number of rotatable bonds is 8. The monoisotopic (exact) mass is 446 g/mol. The van der Waals surface area contributed by atoms with E-state index in [1.807, 2.05) is 37.3 Å². The Morgan fingerprint density at radius 3 is 2.61 bits per heavy atom. The fraction of sp³-hybridized carbons (Fsp3) is 0.545. The van der Waals surface area contributed by atoms with E-state index in [2.05, 4.69) is 9.82 Å². The van der Waals surface area contributed by atoms with Crippen LogP contribution in [0.15, 0.2) is 30.3 Å². The minimum absolute atomic E-state index is 0.0216. The molecule has 0 unspecified atom stereocenters. The van der Waals surface area contributed by atoms with Gasteiger partial charge in [0.2, 0.25) is 0 Å². The van der Waals surface area contributed by atoms with Crippen LogP contribution < -0.4 is 4.72 Å². The maximum absolute atomic E-state index is 13.2. The first-order valence-corrected chi connectivity index (χ1v) is 12.3. The summed E-state index contributed by atoms with van der Waals surface area (Å²) in [7, 11) is -3.84. The van der Waals surface area contributed by atoms with Crippen molar-refractivity contribution in [3.8, 4) is 0 Å². The van der Waals surface area contributed by atoms with Gasteiger partial charge in [-0.05, 0) is 51.5 Å². The first-order valence-electron chi connectivity index (χ1n) is 10.8. The van der Waals surface area contributed by atoms with Gasteiger partial charge in [0.15, 0.2) is 0 Å². The molecule has 0 amide bonds. The molecule has 168 valence electrons.